The van der Waals surface area contributed by atoms with Gasteiger partial charge in [0.1, 0.15) is 12.2 Å². The van der Waals surface area contributed by atoms with Crippen LogP contribution in [-0.4, -0.2) is 34.0 Å². The first-order valence-corrected chi connectivity index (χ1v) is 8.38. The van der Waals surface area contributed by atoms with Crippen LogP contribution in [0.3, 0.4) is 0 Å². The molecular weight excluding hydrogens is 310 g/mol. The van der Waals surface area contributed by atoms with Crippen LogP contribution in [0, 0.1) is 23.2 Å². The number of carbonyl (C=O) groups is 1. The molecule has 24 heavy (non-hydrogen) atoms. The molecule has 7 heteroatoms. The monoisotopic (exact) mass is 335 g/mol. The molecule has 132 valence electrons. The second-order valence-corrected chi connectivity index (χ2v) is 7.65. The van der Waals surface area contributed by atoms with Crippen LogP contribution >= 0.6 is 0 Å². The number of hydrogen-bond acceptors (Lipinski definition) is 5. The first kappa shape index (κ1) is 16.8. The van der Waals surface area contributed by atoms with E-state index in [1.807, 2.05) is 0 Å². The van der Waals surface area contributed by atoms with Crippen LogP contribution in [0.2, 0.25) is 0 Å². The molecule has 3 aliphatic rings. The fraction of sp³-hybridized carbons (Fsp3) is 0.706. The molecule has 3 aliphatic carbocycles. The topological polar surface area (TPSA) is 93.4 Å². The summed E-state index contributed by atoms with van der Waals surface area (Å²) in [6.45, 7) is 6.46. The number of carboxylic acid groups (broad SMARTS) is 1. The van der Waals surface area contributed by atoms with Crippen molar-refractivity contribution in [1.29, 1.82) is 0 Å². The molecule has 0 radical (unpaired) electrons. The van der Waals surface area contributed by atoms with E-state index in [-0.39, 0.29) is 11.8 Å². The van der Waals surface area contributed by atoms with Crippen molar-refractivity contribution in [2.75, 3.05) is 12.4 Å². The van der Waals surface area contributed by atoms with Gasteiger partial charge in [0, 0.05) is 6.04 Å². The Labute approximate surface area is 141 Å². The minimum absolute atomic E-state index is 0.122. The van der Waals surface area contributed by atoms with Gasteiger partial charge in [0.25, 0.3) is 0 Å². The fourth-order valence-corrected chi connectivity index (χ4v) is 4.55. The van der Waals surface area contributed by atoms with E-state index in [9.17, 15) is 9.59 Å². The van der Waals surface area contributed by atoms with Crippen LogP contribution in [0.1, 0.15) is 33.6 Å². The van der Waals surface area contributed by atoms with Crippen molar-refractivity contribution < 1.29 is 14.6 Å². The van der Waals surface area contributed by atoms with E-state index in [1.54, 1.807) is 0 Å². The number of rotatable bonds is 5. The lowest BCUT2D eigenvalue weighted by Gasteiger charge is -2.62. The van der Waals surface area contributed by atoms with Gasteiger partial charge in [0.05, 0.1) is 13.3 Å². The van der Waals surface area contributed by atoms with Gasteiger partial charge < -0.3 is 15.2 Å². The van der Waals surface area contributed by atoms with Crippen molar-refractivity contribution in [2.24, 2.45) is 23.2 Å². The number of ether oxygens (including phenoxy) is 1. The van der Waals surface area contributed by atoms with E-state index in [0.717, 1.165) is 11.1 Å². The zero-order valence-electron chi connectivity index (χ0n) is 14.6. The number of aromatic nitrogens is 2. The average molecular weight is 335 g/mol. The molecule has 3 fully saturated rings. The van der Waals surface area contributed by atoms with Gasteiger partial charge in [0.15, 0.2) is 0 Å². The molecule has 1 aromatic rings. The minimum atomic E-state index is -1.12. The van der Waals surface area contributed by atoms with Crippen molar-refractivity contribution in [3.05, 3.63) is 16.6 Å². The van der Waals surface area contributed by atoms with E-state index >= 15 is 0 Å². The molecular formula is C17H25N3O4. The van der Waals surface area contributed by atoms with Gasteiger partial charge in [-0.1, -0.05) is 20.8 Å². The number of carboxylic acids is 1. The fourth-order valence-electron chi connectivity index (χ4n) is 4.55. The number of anilines is 1. The highest BCUT2D eigenvalue weighted by Gasteiger charge is 2.56. The number of nitrogens with zero attached hydrogens (tertiary/aromatic N) is 2. The molecule has 4 atom stereocenters. The Bertz CT molecular complexity index is 712. The van der Waals surface area contributed by atoms with Crippen molar-refractivity contribution >= 4 is 11.7 Å². The largest absolute Gasteiger partial charge is 0.490 e. The summed E-state index contributed by atoms with van der Waals surface area (Å²) in [6, 6.07) is 0.271. The SMILES string of the molecule is COc1c(N[C@@H]2C[C@@H]3C[C@H]([C@H]2C)C3(C)C)cnn(CC(=O)O)c1=O. The number of aliphatic carboxylic acids is 1. The smallest absolute Gasteiger partial charge is 0.325 e. The summed E-state index contributed by atoms with van der Waals surface area (Å²) in [5, 5.41) is 16.2. The van der Waals surface area contributed by atoms with Gasteiger partial charge in [-0.05, 0) is 36.0 Å². The second kappa shape index (κ2) is 5.79. The average Bonchev–Trinajstić information content (AvgIpc) is 2.51. The Balaban J connectivity index is 1.82. The van der Waals surface area contributed by atoms with Gasteiger partial charge >= 0.3 is 11.5 Å². The molecule has 0 spiro atoms. The van der Waals surface area contributed by atoms with E-state index in [4.69, 9.17) is 9.84 Å². The van der Waals surface area contributed by atoms with Gasteiger partial charge in [-0.2, -0.15) is 5.10 Å². The molecule has 7 nitrogen and oxygen atoms in total. The minimum Gasteiger partial charge on any atom is -0.490 e. The van der Waals surface area contributed by atoms with Gasteiger partial charge in [-0.3, -0.25) is 9.59 Å². The van der Waals surface area contributed by atoms with Crippen molar-refractivity contribution in [1.82, 2.24) is 9.78 Å². The highest BCUT2D eigenvalue weighted by molar-refractivity contribution is 5.66. The standard InChI is InChI=1S/C17H25N3O4/c1-9-11-5-10(17(11,2)3)6-12(9)19-13-7-18-20(8-14(21)22)16(23)15(13)24-4/h7,9-12,19H,5-6,8H2,1-4H3,(H,21,22)/t9-,10+,11-,12-/m1/s1. The van der Waals surface area contributed by atoms with Gasteiger partial charge in [-0.15, -0.1) is 0 Å². The Kier molecular flexibility index (Phi) is 4.05. The summed E-state index contributed by atoms with van der Waals surface area (Å²) < 4.78 is 6.13. The first-order valence-electron chi connectivity index (χ1n) is 8.38. The van der Waals surface area contributed by atoms with Crippen LogP contribution in [-0.2, 0) is 11.3 Å². The zero-order valence-corrected chi connectivity index (χ0v) is 14.6. The maximum absolute atomic E-state index is 12.3. The molecule has 0 aromatic carbocycles. The third-order valence-corrected chi connectivity index (χ3v) is 6.18. The van der Waals surface area contributed by atoms with E-state index in [2.05, 4.69) is 31.2 Å². The number of nitrogens with one attached hydrogen (secondary N) is 1. The van der Waals surface area contributed by atoms with Crippen LogP contribution in [0.5, 0.6) is 5.75 Å². The molecule has 0 unspecified atom stereocenters. The summed E-state index contributed by atoms with van der Waals surface area (Å²) >= 11 is 0. The molecule has 0 amide bonds. The summed E-state index contributed by atoms with van der Waals surface area (Å²) in [6.07, 6.45) is 3.83. The molecule has 1 heterocycles. The third-order valence-electron chi connectivity index (χ3n) is 6.18. The van der Waals surface area contributed by atoms with Crippen LogP contribution < -0.4 is 15.6 Å². The predicted octanol–water partition coefficient (Wildman–Crippen LogP) is 1.82. The lowest BCUT2D eigenvalue weighted by atomic mass is 9.45. The molecule has 2 bridgehead atoms. The van der Waals surface area contributed by atoms with Crippen LogP contribution in [0.25, 0.3) is 0 Å². The Morgan fingerprint density at radius 2 is 2.21 bits per heavy atom. The summed E-state index contributed by atoms with van der Waals surface area (Å²) in [4.78, 5) is 23.1. The molecule has 0 aliphatic heterocycles. The number of methoxy groups -OCH3 is 1. The molecule has 1 aromatic heterocycles. The third kappa shape index (κ3) is 2.56. The van der Waals surface area contributed by atoms with Crippen LogP contribution in [0.4, 0.5) is 5.69 Å². The highest BCUT2D eigenvalue weighted by atomic mass is 16.5. The maximum atomic E-state index is 12.3. The van der Waals surface area contributed by atoms with Crippen molar-refractivity contribution in [3.8, 4) is 5.75 Å². The van der Waals surface area contributed by atoms with Gasteiger partial charge in [-0.25, -0.2) is 4.68 Å². The Morgan fingerprint density at radius 1 is 1.50 bits per heavy atom. The molecule has 2 N–H and O–H groups in total. The molecule has 4 rings (SSSR count). The van der Waals surface area contributed by atoms with Crippen LogP contribution in [0.15, 0.2) is 11.0 Å². The maximum Gasteiger partial charge on any atom is 0.325 e. The highest BCUT2D eigenvalue weighted by Crippen LogP contribution is 2.61. The van der Waals surface area contributed by atoms with E-state index in [1.165, 1.54) is 19.7 Å². The summed E-state index contributed by atoms with van der Waals surface area (Å²) in [5.74, 6) is 0.881. The Hall–Kier alpha value is -2.05. The summed E-state index contributed by atoms with van der Waals surface area (Å²) in [7, 11) is 1.41. The number of hydrogen-bond donors (Lipinski definition) is 2. The van der Waals surface area contributed by atoms with Crippen molar-refractivity contribution in [2.45, 2.75) is 46.2 Å². The predicted molar refractivity (Wildman–Crippen MR) is 89.3 cm³/mol. The van der Waals surface area contributed by atoms with Crippen molar-refractivity contribution in [3.63, 3.8) is 0 Å². The summed E-state index contributed by atoms with van der Waals surface area (Å²) in [5.41, 5.74) is 0.407. The first-order chi connectivity index (χ1) is 11.3. The van der Waals surface area contributed by atoms with E-state index < -0.39 is 18.1 Å². The quantitative estimate of drug-likeness (QED) is 0.852. The normalized spacial score (nSPS) is 30.3. The number of fused-ring (bicyclic) bond motifs is 2. The Morgan fingerprint density at radius 3 is 2.75 bits per heavy atom. The molecule has 0 saturated heterocycles. The zero-order chi connectivity index (χ0) is 17.6. The van der Waals surface area contributed by atoms with Gasteiger partial charge in [0.2, 0.25) is 5.75 Å². The van der Waals surface area contributed by atoms with E-state index in [0.29, 0.717) is 28.9 Å². The lowest BCUT2D eigenvalue weighted by molar-refractivity contribution is -0.138. The lowest BCUT2D eigenvalue weighted by Crippen LogP contribution is -2.58. The molecule has 3 saturated carbocycles. The second-order valence-electron chi connectivity index (χ2n) is 7.65.